The van der Waals surface area contributed by atoms with Crippen molar-refractivity contribution in [1.29, 1.82) is 0 Å². The molecule has 5 rings (SSSR count). The molecule has 2 aromatic heterocycles. The van der Waals surface area contributed by atoms with E-state index in [1.807, 2.05) is 30.0 Å². The number of benzene rings is 2. The Kier molecular flexibility index (Phi) is 7.36. The number of aromatic nitrogens is 1. The molecule has 0 N–H and O–H groups in total. The first-order chi connectivity index (χ1) is 17.9. The van der Waals surface area contributed by atoms with E-state index in [0.29, 0.717) is 6.54 Å². The number of fused-ring (bicyclic) bond motifs is 1. The molecule has 4 nitrogen and oxygen atoms in total. The minimum Gasteiger partial charge on any atom is -0.331 e. The van der Waals surface area contributed by atoms with Gasteiger partial charge < -0.3 is 4.90 Å². The van der Waals surface area contributed by atoms with E-state index in [0.717, 1.165) is 77.1 Å². The van der Waals surface area contributed by atoms with E-state index in [1.165, 1.54) is 0 Å². The number of carbonyl (C=O) groups is 1. The second kappa shape index (κ2) is 10.7. The van der Waals surface area contributed by atoms with Gasteiger partial charge in [-0.15, -0.1) is 11.3 Å². The van der Waals surface area contributed by atoms with Gasteiger partial charge in [-0.1, -0.05) is 23.7 Å². The maximum Gasteiger partial charge on any atom is 0.266 e. The molecular weight excluding hydrogens is 512 g/mol. The fourth-order valence-corrected chi connectivity index (χ4v) is 6.46. The molecule has 0 spiro atoms. The highest BCUT2D eigenvalue weighted by Crippen LogP contribution is 2.40. The zero-order valence-corrected chi connectivity index (χ0v) is 22.2. The summed E-state index contributed by atoms with van der Waals surface area (Å²) in [5.41, 5.74) is 5.27. The Hall–Kier alpha value is -3.16. The normalized spacial score (nSPS) is 15.7. The molecule has 2 aromatic carbocycles. The maximum atomic E-state index is 14.6. The van der Waals surface area contributed by atoms with Gasteiger partial charge in [0.05, 0.1) is 15.1 Å². The summed E-state index contributed by atoms with van der Waals surface area (Å²) in [6, 6.07) is 12.2. The van der Waals surface area contributed by atoms with Crippen LogP contribution in [-0.4, -0.2) is 34.6 Å². The second-order valence-corrected chi connectivity index (χ2v) is 10.7. The number of hydrogen-bond donors (Lipinski definition) is 0. The summed E-state index contributed by atoms with van der Waals surface area (Å²) in [4.78, 5) is 24.5. The number of thiophene rings is 1. The molecule has 4 aromatic rings. The van der Waals surface area contributed by atoms with Crippen molar-refractivity contribution >= 4 is 44.6 Å². The van der Waals surface area contributed by atoms with Crippen molar-refractivity contribution in [3.8, 4) is 11.1 Å². The minimum absolute atomic E-state index is 0.0270. The second-order valence-electron chi connectivity index (χ2n) is 9.31. The van der Waals surface area contributed by atoms with Gasteiger partial charge in [-0.3, -0.25) is 14.8 Å². The van der Waals surface area contributed by atoms with Crippen molar-refractivity contribution in [2.75, 3.05) is 7.05 Å². The van der Waals surface area contributed by atoms with E-state index in [-0.39, 0.29) is 31.9 Å². The largest absolute Gasteiger partial charge is 0.331 e. The molecule has 0 saturated heterocycles. The molecule has 2 heterocycles. The van der Waals surface area contributed by atoms with Crippen LogP contribution < -0.4 is 0 Å². The predicted octanol–water partition coefficient (Wildman–Crippen LogP) is 7.86. The zero-order chi connectivity index (χ0) is 26.1. The highest BCUT2D eigenvalue weighted by atomic mass is 35.5. The fraction of sp³-hybridized carbons (Fsp3) is 0.276. The zero-order valence-electron chi connectivity index (χ0n) is 20.6. The summed E-state index contributed by atoms with van der Waals surface area (Å²) in [5.74, 6) is -1.53. The van der Waals surface area contributed by atoms with Crippen LogP contribution in [0.4, 0.5) is 8.78 Å². The quantitative estimate of drug-likeness (QED) is 0.260. The van der Waals surface area contributed by atoms with Crippen LogP contribution in [0.2, 0.25) is 5.02 Å². The van der Waals surface area contributed by atoms with Crippen LogP contribution in [0.3, 0.4) is 0 Å². The van der Waals surface area contributed by atoms with Gasteiger partial charge in [0, 0.05) is 37.7 Å². The average molecular weight is 538 g/mol. The van der Waals surface area contributed by atoms with Gasteiger partial charge in [0.2, 0.25) is 0 Å². The molecule has 37 heavy (non-hydrogen) atoms. The van der Waals surface area contributed by atoms with Gasteiger partial charge >= 0.3 is 0 Å². The summed E-state index contributed by atoms with van der Waals surface area (Å²) in [5, 5.41) is -0.0595. The molecule has 0 atom stereocenters. The molecule has 0 radical (unpaired) electrons. The molecule has 190 valence electrons. The Morgan fingerprint density at radius 2 is 1.78 bits per heavy atom. The van der Waals surface area contributed by atoms with Gasteiger partial charge in [-0.2, -0.15) is 0 Å². The van der Waals surface area contributed by atoms with Gasteiger partial charge in [0.1, 0.15) is 16.5 Å². The van der Waals surface area contributed by atoms with E-state index in [9.17, 15) is 13.6 Å². The van der Waals surface area contributed by atoms with E-state index >= 15 is 0 Å². The van der Waals surface area contributed by atoms with Gasteiger partial charge in [-0.05, 0) is 85.2 Å². The fourth-order valence-electron chi connectivity index (χ4n) is 4.95. The highest BCUT2D eigenvalue weighted by molar-refractivity contribution is 7.21. The topological polar surface area (TPSA) is 45.6 Å². The number of nitrogens with zero attached hydrogens (tertiary/aromatic N) is 3. The van der Waals surface area contributed by atoms with Crippen molar-refractivity contribution in [1.82, 2.24) is 9.88 Å². The van der Waals surface area contributed by atoms with Crippen molar-refractivity contribution in [2.45, 2.75) is 45.2 Å². The third-order valence-electron chi connectivity index (χ3n) is 7.13. The number of pyridine rings is 1. The molecule has 1 amide bonds. The summed E-state index contributed by atoms with van der Waals surface area (Å²) in [7, 11) is 1.80. The lowest BCUT2D eigenvalue weighted by Gasteiger charge is -2.35. The minimum atomic E-state index is -0.634. The van der Waals surface area contributed by atoms with Crippen molar-refractivity contribution in [3.63, 3.8) is 0 Å². The maximum absolute atomic E-state index is 14.6. The number of aryl methyl sites for hydroxylation is 1. The number of rotatable bonds is 5. The lowest BCUT2D eigenvalue weighted by atomic mass is 9.91. The SMILES string of the molecule is CN=C1CCC(N(Cc2cc(-c3ccncc3)ccc2C)C(=O)c2sc3c(F)ccc(F)c3c2Cl)CC1. The number of aliphatic imine (C=N–C) groups is 1. The Bertz CT molecular complexity index is 1490. The Morgan fingerprint density at radius 1 is 1.08 bits per heavy atom. The molecule has 1 aliphatic carbocycles. The standard InChI is InChI=1S/C29H26ClF2N3OS/c1-17-3-4-19(18-11-13-34-14-12-18)15-20(17)16-35(22-7-5-21(33-2)6-8-22)29(36)28-26(30)25-23(31)9-10-24(32)27(25)37-28/h3-4,9-15,22H,5-8,16H2,1-2H3. The van der Waals surface area contributed by atoms with Crippen molar-refractivity contribution in [3.05, 3.63) is 87.5 Å². The highest BCUT2D eigenvalue weighted by Gasteiger charge is 2.32. The van der Waals surface area contributed by atoms with Crippen LogP contribution in [0, 0.1) is 18.6 Å². The van der Waals surface area contributed by atoms with E-state index in [1.54, 1.807) is 19.4 Å². The van der Waals surface area contributed by atoms with E-state index < -0.39 is 11.6 Å². The summed E-state index contributed by atoms with van der Waals surface area (Å²) >= 11 is 7.44. The lowest BCUT2D eigenvalue weighted by Crippen LogP contribution is -2.42. The first-order valence-corrected chi connectivity index (χ1v) is 13.4. The molecular formula is C29H26ClF2N3OS. The average Bonchev–Trinajstić information content (AvgIpc) is 3.29. The molecule has 0 bridgehead atoms. The molecule has 0 unspecified atom stereocenters. The van der Waals surface area contributed by atoms with Crippen LogP contribution in [-0.2, 0) is 6.54 Å². The van der Waals surface area contributed by atoms with Crippen LogP contribution in [0.5, 0.6) is 0 Å². The van der Waals surface area contributed by atoms with E-state index in [4.69, 9.17) is 11.6 Å². The molecule has 1 fully saturated rings. The predicted molar refractivity (Wildman–Crippen MR) is 147 cm³/mol. The third-order valence-corrected chi connectivity index (χ3v) is 8.81. The van der Waals surface area contributed by atoms with Crippen LogP contribution in [0.1, 0.15) is 46.5 Å². The first kappa shape index (κ1) is 25.5. The third kappa shape index (κ3) is 5.03. The first-order valence-electron chi connectivity index (χ1n) is 12.2. The Balaban J connectivity index is 1.55. The number of halogens is 3. The monoisotopic (exact) mass is 537 g/mol. The molecule has 8 heteroatoms. The smallest absolute Gasteiger partial charge is 0.266 e. The van der Waals surface area contributed by atoms with Crippen LogP contribution in [0.25, 0.3) is 21.2 Å². The Labute approximate surface area is 223 Å². The van der Waals surface area contributed by atoms with Crippen LogP contribution >= 0.6 is 22.9 Å². The van der Waals surface area contributed by atoms with Gasteiger partial charge in [0.15, 0.2) is 0 Å². The van der Waals surface area contributed by atoms with Crippen LogP contribution in [0.15, 0.2) is 59.9 Å². The van der Waals surface area contributed by atoms with E-state index in [2.05, 4.69) is 22.1 Å². The Morgan fingerprint density at radius 3 is 2.46 bits per heavy atom. The van der Waals surface area contributed by atoms with Gasteiger partial charge in [-0.25, -0.2) is 8.78 Å². The molecule has 0 aliphatic heterocycles. The number of amides is 1. The van der Waals surface area contributed by atoms with Crippen molar-refractivity contribution in [2.24, 2.45) is 4.99 Å². The summed E-state index contributed by atoms with van der Waals surface area (Å²) in [6.07, 6.45) is 6.66. The lowest BCUT2D eigenvalue weighted by molar-refractivity contribution is 0.0641. The number of hydrogen-bond acceptors (Lipinski definition) is 4. The molecule has 1 saturated carbocycles. The summed E-state index contributed by atoms with van der Waals surface area (Å²) < 4.78 is 29.1. The van der Waals surface area contributed by atoms with Gasteiger partial charge in [0.25, 0.3) is 5.91 Å². The van der Waals surface area contributed by atoms with Crippen molar-refractivity contribution < 1.29 is 13.6 Å². The number of carbonyl (C=O) groups excluding carboxylic acids is 1. The summed E-state index contributed by atoms with van der Waals surface area (Å²) in [6.45, 7) is 2.39. The molecule has 1 aliphatic rings.